The topological polar surface area (TPSA) is 26.3 Å². The number of rotatable bonds is 3. The monoisotopic (exact) mass is 308 g/mol. The molecule has 2 aromatic carbocycles. The van der Waals surface area contributed by atoms with E-state index < -0.39 is 17.7 Å². The van der Waals surface area contributed by atoms with Gasteiger partial charge < -0.3 is 4.74 Å². The van der Waals surface area contributed by atoms with Gasteiger partial charge in [0, 0.05) is 0 Å². The number of halogens is 3. The zero-order valence-electron chi connectivity index (χ0n) is 12.1. The molecule has 0 N–H and O–H groups in total. The zero-order valence-corrected chi connectivity index (χ0v) is 12.1. The maximum atomic E-state index is 12.7. The summed E-state index contributed by atoms with van der Waals surface area (Å²) < 4.78 is 42.9. The number of carbonyl (C=O) groups excluding carboxylic acids is 1. The lowest BCUT2D eigenvalue weighted by atomic mass is 9.97. The largest absolute Gasteiger partial charge is 0.469 e. The highest BCUT2D eigenvalue weighted by atomic mass is 19.4. The van der Waals surface area contributed by atoms with Crippen molar-refractivity contribution in [2.24, 2.45) is 0 Å². The second-order valence-electron chi connectivity index (χ2n) is 4.95. The second kappa shape index (κ2) is 6.22. The van der Waals surface area contributed by atoms with E-state index in [2.05, 4.69) is 4.74 Å². The number of hydrogen-bond donors (Lipinski definition) is 0. The van der Waals surface area contributed by atoms with Crippen LogP contribution in [0.3, 0.4) is 0 Å². The van der Waals surface area contributed by atoms with Crippen LogP contribution < -0.4 is 0 Å². The maximum Gasteiger partial charge on any atom is 0.416 e. The molecular formula is C17H15F3O2. The van der Waals surface area contributed by atoms with Gasteiger partial charge in [-0.3, -0.25) is 4.79 Å². The van der Waals surface area contributed by atoms with Crippen LogP contribution in [-0.2, 0) is 15.7 Å². The summed E-state index contributed by atoms with van der Waals surface area (Å²) in [5.41, 5.74) is 1.21. The first kappa shape index (κ1) is 16.1. The third-order valence-corrected chi connectivity index (χ3v) is 3.49. The number of esters is 1. The molecule has 0 spiro atoms. The first-order valence-electron chi connectivity index (χ1n) is 6.68. The average molecular weight is 308 g/mol. The normalized spacial score (nSPS) is 12.8. The zero-order chi connectivity index (χ0) is 16.3. The van der Waals surface area contributed by atoms with E-state index in [4.69, 9.17) is 0 Å². The summed E-state index contributed by atoms with van der Waals surface area (Å²) in [6.07, 6.45) is -4.37. The van der Waals surface area contributed by atoms with Gasteiger partial charge in [0.15, 0.2) is 0 Å². The second-order valence-corrected chi connectivity index (χ2v) is 4.95. The summed E-state index contributed by atoms with van der Waals surface area (Å²) in [5.74, 6) is -0.771. The fourth-order valence-electron chi connectivity index (χ4n) is 2.15. The molecule has 116 valence electrons. The standard InChI is InChI=1S/C17H15F3O2/c1-11(16(21)22-2)12-6-8-13(9-7-12)14-4-3-5-15(10-14)17(18,19)20/h3-11H,1-2H3. The molecule has 0 saturated heterocycles. The number of ether oxygens (including phenoxy) is 1. The third kappa shape index (κ3) is 3.47. The van der Waals surface area contributed by atoms with E-state index in [1.165, 1.54) is 13.2 Å². The summed E-state index contributed by atoms with van der Waals surface area (Å²) in [6.45, 7) is 1.71. The molecule has 0 fully saturated rings. The number of methoxy groups -OCH3 is 1. The molecule has 0 aromatic heterocycles. The van der Waals surface area contributed by atoms with Gasteiger partial charge in [-0.15, -0.1) is 0 Å². The van der Waals surface area contributed by atoms with Crippen molar-refractivity contribution in [3.63, 3.8) is 0 Å². The van der Waals surface area contributed by atoms with Crippen LogP contribution in [0.2, 0.25) is 0 Å². The van der Waals surface area contributed by atoms with Crippen LogP contribution in [0.15, 0.2) is 48.5 Å². The third-order valence-electron chi connectivity index (χ3n) is 3.49. The van der Waals surface area contributed by atoms with Crippen molar-refractivity contribution in [2.75, 3.05) is 7.11 Å². The molecule has 2 rings (SSSR count). The van der Waals surface area contributed by atoms with E-state index in [9.17, 15) is 18.0 Å². The Morgan fingerprint density at radius 1 is 1.05 bits per heavy atom. The Labute approximate surface area is 126 Å². The van der Waals surface area contributed by atoms with E-state index in [0.717, 1.165) is 17.7 Å². The van der Waals surface area contributed by atoms with Crippen molar-refractivity contribution in [3.8, 4) is 11.1 Å². The number of hydrogen-bond acceptors (Lipinski definition) is 2. The van der Waals surface area contributed by atoms with E-state index in [-0.39, 0.29) is 5.97 Å². The Bertz CT molecular complexity index is 660. The SMILES string of the molecule is COC(=O)C(C)c1ccc(-c2cccc(C(F)(F)F)c2)cc1. The predicted octanol–water partition coefficient (Wildman–Crippen LogP) is 4.65. The van der Waals surface area contributed by atoms with Crippen LogP contribution in [0.4, 0.5) is 13.2 Å². The van der Waals surface area contributed by atoms with Gasteiger partial charge in [0.05, 0.1) is 18.6 Å². The highest BCUT2D eigenvalue weighted by Crippen LogP contribution is 2.32. The first-order valence-corrected chi connectivity index (χ1v) is 6.68. The van der Waals surface area contributed by atoms with Crippen molar-refractivity contribution >= 4 is 5.97 Å². The Morgan fingerprint density at radius 2 is 1.68 bits per heavy atom. The smallest absolute Gasteiger partial charge is 0.416 e. The minimum absolute atomic E-state index is 0.355. The lowest BCUT2D eigenvalue weighted by Crippen LogP contribution is -2.10. The van der Waals surface area contributed by atoms with Crippen LogP contribution in [0.25, 0.3) is 11.1 Å². The molecule has 0 aliphatic carbocycles. The minimum atomic E-state index is -4.37. The van der Waals surface area contributed by atoms with E-state index in [1.54, 1.807) is 37.3 Å². The number of alkyl halides is 3. The predicted molar refractivity (Wildman–Crippen MR) is 77.3 cm³/mol. The molecule has 0 radical (unpaired) electrons. The van der Waals surface area contributed by atoms with E-state index in [0.29, 0.717) is 11.1 Å². The molecule has 1 unspecified atom stereocenters. The van der Waals surface area contributed by atoms with Crippen LogP contribution in [0.5, 0.6) is 0 Å². The van der Waals surface area contributed by atoms with Gasteiger partial charge in [-0.2, -0.15) is 13.2 Å². The maximum absolute atomic E-state index is 12.7. The molecule has 0 aliphatic heterocycles. The van der Waals surface area contributed by atoms with Crippen LogP contribution in [0, 0.1) is 0 Å². The Morgan fingerprint density at radius 3 is 2.23 bits per heavy atom. The fraction of sp³-hybridized carbons (Fsp3) is 0.235. The fourth-order valence-corrected chi connectivity index (χ4v) is 2.15. The van der Waals surface area contributed by atoms with Gasteiger partial charge in [0.1, 0.15) is 0 Å². The molecule has 0 bridgehead atoms. The molecule has 2 nitrogen and oxygen atoms in total. The first-order chi connectivity index (χ1) is 10.3. The number of benzene rings is 2. The van der Waals surface area contributed by atoms with Crippen LogP contribution in [-0.4, -0.2) is 13.1 Å². The Kier molecular flexibility index (Phi) is 4.54. The summed E-state index contributed by atoms with van der Waals surface area (Å²) in [5, 5.41) is 0. The van der Waals surface area contributed by atoms with Gasteiger partial charge in [0.25, 0.3) is 0 Å². The molecule has 0 heterocycles. The highest BCUT2D eigenvalue weighted by molar-refractivity contribution is 5.78. The summed E-state index contributed by atoms with van der Waals surface area (Å²) in [7, 11) is 1.32. The van der Waals surface area contributed by atoms with Crippen LogP contribution in [0.1, 0.15) is 24.0 Å². The van der Waals surface area contributed by atoms with E-state index >= 15 is 0 Å². The highest BCUT2D eigenvalue weighted by Gasteiger charge is 2.30. The minimum Gasteiger partial charge on any atom is -0.469 e. The van der Waals surface area contributed by atoms with Crippen molar-refractivity contribution in [1.82, 2.24) is 0 Å². The number of carbonyl (C=O) groups is 1. The van der Waals surface area contributed by atoms with Gasteiger partial charge in [-0.1, -0.05) is 36.4 Å². The van der Waals surface area contributed by atoms with Gasteiger partial charge >= 0.3 is 12.1 Å². The Balaban J connectivity index is 2.30. The Hall–Kier alpha value is -2.30. The van der Waals surface area contributed by atoms with Crippen molar-refractivity contribution in [1.29, 1.82) is 0 Å². The van der Waals surface area contributed by atoms with Crippen molar-refractivity contribution in [2.45, 2.75) is 19.0 Å². The molecule has 1 atom stereocenters. The average Bonchev–Trinajstić information content (AvgIpc) is 2.53. The lowest BCUT2D eigenvalue weighted by Gasteiger charge is -2.11. The van der Waals surface area contributed by atoms with Crippen molar-refractivity contribution in [3.05, 3.63) is 59.7 Å². The molecular weight excluding hydrogens is 293 g/mol. The summed E-state index contributed by atoms with van der Waals surface area (Å²) in [4.78, 5) is 11.5. The van der Waals surface area contributed by atoms with Gasteiger partial charge in [-0.25, -0.2) is 0 Å². The molecule has 0 amide bonds. The van der Waals surface area contributed by atoms with E-state index in [1.807, 2.05) is 0 Å². The summed E-state index contributed by atoms with van der Waals surface area (Å²) >= 11 is 0. The quantitative estimate of drug-likeness (QED) is 0.772. The van der Waals surface area contributed by atoms with Crippen LogP contribution >= 0.6 is 0 Å². The molecule has 2 aromatic rings. The molecule has 22 heavy (non-hydrogen) atoms. The van der Waals surface area contributed by atoms with Gasteiger partial charge in [0.2, 0.25) is 0 Å². The molecule has 0 aliphatic rings. The van der Waals surface area contributed by atoms with Crippen molar-refractivity contribution < 1.29 is 22.7 Å². The summed E-state index contributed by atoms with van der Waals surface area (Å²) in [6, 6.07) is 12.0. The molecule has 5 heteroatoms. The molecule has 0 saturated carbocycles. The lowest BCUT2D eigenvalue weighted by molar-refractivity contribution is -0.142. The van der Waals surface area contributed by atoms with Gasteiger partial charge in [-0.05, 0) is 35.7 Å².